The zero-order valence-electron chi connectivity index (χ0n) is 14.3. The first kappa shape index (κ1) is 19.0. The SMILES string of the molecule is CC[C@H](C)[C@@H](NC(=O)Cn1nnc(-c2ccc(Br)cc2)n1)C(=O)OC. The van der Waals surface area contributed by atoms with Crippen LogP contribution in [0.3, 0.4) is 0 Å². The summed E-state index contributed by atoms with van der Waals surface area (Å²) in [6, 6.07) is 6.74. The summed E-state index contributed by atoms with van der Waals surface area (Å²) in [5.41, 5.74) is 0.793. The minimum Gasteiger partial charge on any atom is -0.467 e. The molecule has 9 heteroatoms. The van der Waals surface area contributed by atoms with E-state index >= 15 is 0 Å². The fraction of sp³-hybridized carbons (Fsp3) is 0.438. The molecule has 134 valence electrons. The summed E-state index contributed by atoms with van der Waals surface area (Å²) in [7, 11) is 1.30. The molecule has 1 heterocycles. The van der Waals surface area contributed by atoms with Gasteiger partial charge in [0.15, 0.2) is 0 Å². The summed E-state index contributed by atoms with van der Waals surface area (Å²) in [4.78, 5) is 25.2. The Balaban J connectivity index is 2.03. The third-order valence-electron chi connectivity index (χ3n) is 3.82. The van der Waals surface area contributed by atoms with Crippen molar-refractivity contribution >= 4 is 27.8 Å². The van der Waals surface area contributed by atoms with Crippen molar-refractivity contribution in [2.75, 3.05) is 7.11 Å². The molecule has 2 atom stereocenters. The van der Waals surface area contributed by atoms with Gasteiger partial charge in [-0.3, -0.25) is 4.79 Å². The van der Waals surface area contributed by atoms with E-state index in [1.54, 1.807) is 0 Å². The van der Waals surface area contributed by atoms with Crippen LogP contribution in [0, 0.1) is 5.92 Å². The van der Waals surface area contributed by atoms with Crippen LogP contribution in [-0.4, -0.2) is 45.2 Å². The van der Waals surface area contributed by atoms with E-state index in [2.05, 4.69) is 36.7 Å². The standard InChI is InChI=1S/C16H20BrN5O3/c1-4-10(2)14(16(24)25-3)18-13(23)9-22-20-15(19-21-22)11-5-7-12(17)8-6-11/h5-8,10,14H,4,9H2,1-3H3,(H,18,23)/t10-,14+/m0/s1. The van der Waals surface area contributed by atoms with Gasteiger partial charge in [0.2, 0.25) is 11.7 Å². The first-order valence-electron chi connectivity index (χ1n) is 7.85. The average molecular weight is 410 g/mol. The fourth-order valence-electron chi connectivity index (χ4n) is 2.17. The van der Waals surface area contributed by atoms with Crippen molar-refractivity contribution in [2.24, 2.45) is 5.92 Å². The van der Waals surface area contributed by atoms with Gasteiger partial charge < -0.3 is 10.1 Å². The average Bonchev–Trinajstić information content (AvgIpc) is 3.07. The molecular weight excluding hydrogens is 390 g/mol. The molecule has 8 nitrogen and oxygen atoms in total. The van der Waals surface area contributed by atoms with Gasteiger partial charge in [-0.1, -0.05) is 36.2 Å². The summed E-state index contributed by atoms with van der Waals surface area (Å²) in [6.45, 7) is 3.69. The van der Waals surface area contributed by atoms with E-state index in [1.165, 1.54) is 11.9 Å². The highest BCUT2D eigenvalue weighted by Gasteiger charge is 2.26. The number of nitrogens with zero attached hydrogens (tertiary/aromatic N) is 4. The summed E-state index contributed by atoms with van der Waals surface area (Å²) in [6.07, 6.45) is 0.731. The molecule has 0 aliphatic heterocycles. The number of tetrazole rings is 1. The predicted octanol–water partition coefficient (Wildman–Crippen LogP) is 1.81. The van der Waals surface area contributed by atoms with Gasteiger partial charge in [-0.2, -0.15) is 4.80 Å². The molecule has 0 spiro atoms. The number of carbonyl (C=O) groups excluding carboxylic acids is 2. The highest BCUT2D eigenvalue weighted by molar-refractivity contribution is 9.10. The highest BCUT2D eigenvalue weighted by Crippen LogP contribution is 2.17. The third kappa shape index (κ3) is 5.09. The van der Waals surface area contributed by atoms with Gasteiger partial charge in [-0.05, 0) is 35.4 Å². The second-order valence-electron chi connectivity index (χ2n) is 5.60. The lowest BCUT2D eigenvalue weighted by Gasteiger charge is -2.21. The van der Waals surface area contributed by atoms with E-state index < -0.39 is 12.0 Å². The minimum atomic E-state index is -0.697. The van der Waals surface area contributed by atoms with E-state index in [-0.39, 0.29) is 18.4 Å². The Kier molecular flexibility index (Phi) is 6.63. The number of halogens is 1. The molecular formula is C16H20BrN5O3. The molecule has 0 fully saturated rings. The van der Waals surface area contributed by atoms with Crippen LogP contribution in [0.2, 0.25) is 0 Å². The summed E-state index contributed by atoms with van der Waals surface area (Å²) in [5.74, 6) is -0.467. The maximum absolute atomic E-state index is 12.2. The smallest absolute Gasteiger partial charge is 0.328 e. The van der Waals surface area contributed by atoms with Crippen molar-refractivity contribution < 1.29 is 14.3 Å². The van der Waals surface area contributed by atoms with Gasteiger partial charge in [0.1, 0.15) is 12.6 Å². The quantitative estimate of drug-likeness (QED) is 0.699. The summed E-state index contributed by atoms with van der Waals surface area (Å²) < 4.78 is 5.70. The molecule has 1 N–H and O–H groups in total. The van der Waals surface area contributed by atoms with Crippen LogP contribution in [0.4, 0.5) is 0 Å². The molecule has 0 aliphatic carbocycles. The lowest BCUT2D eigenvalue weighted by molar-refractivity contribution is -0.146. The number of hydrogen-bond acceptors (Lipinski definition) is 6. The molecule has 25 heavy (non-hydrogen) atoms. The van der Waals surface area contributed by atoms with Crippen LogP contribution < -0.4 is 5.32 Å². The number of carbonyl (C=O) groups is 2. The topological polar surface area (TPSA) is 99.0 Å². The zero-order chi connectivity index (χ0) is 18.4. The van der Waals surface area contributed by atoms with Crippen molar-refractivity contribution in [1.29, 1.82) is 0 Å². The van der Waals surface area contributed by atoms with Crippen molar-refractivity contribution in [2.45, 2.75) is 32.9 Å². The van der Waals surface area contributed by atoms with E-state index in [1.807, 2.05) is 38.1 Å². The molecule has 1 aromatic heterocycles. The van der Waals surface area contributed by atoms with Crippen molar-refractivity contribution in [3.63, 3.8) is 0 Å². The largest absolute Gasteiger partial charge is 0.467 e. The van der Waals surface area contributed by atoms with Crippen molar-refractivity contribution in [3.8, 4) is 11.4 Å². The van der Waals surface area contributed by atoms with Gasteiger partial charge in [-0.25, -0.2) is 4.79 Å². The zero-order valence-corrected chi connectivity index (χ0v) is 15.9. The second kappa shape index (κ2) is 8.70. The highest BCUT2D eigenvalue weighted by atomic mass is 79.9. The lowest BCUT2D eigenvalue weighted by Crippen LogP contribution is -2.46. The Hall–Kier alpha value is -2.29. The number of ether oxygens (including phenoxy) is 1. The number of rotatable bonds is 7. The number of methoxy groups -OCH3 is 1. The summed E-state index contributed by atoms with van der Waals surface area (Å²) in [5, 5.41) is 14.7. The van der Waals surface area contributed by atoms with Gasteiger partial charge >= 0.3 is 5.97 Å². The molecule has 1 aromatic carbocycles. The molecule has 2 aromatic rings. The Morgan fingerprint density at radius 3 is 2.60 bits per heavy atom. The lowest BCUT2D eigenvalue weighted by atomic mass is 9.99. The summed E-state index contributed by atoms with van der Waals surface area (Å²) >= 11 is 3.36. The molecule has 0 radical (unpaired) electrons. The molecule has 1 amide bonds. The number of amides is 1. The maximum Gasteiger partial charge on any atom is 0.328 e. The molecule has 0 aliphatic rings. The van der Waals surface area contributed by atoms with E-state index in [9.17, 15) is 9.59 Å². The van der Waals surface area contributed by atoms with Gasteiger partial charge in [0.05, 0.1) is 7.11 Å². The number of nitrogens with one attached hydrogen (secondary N) is 1. The van der Waals surface area contributed by atoms with Crippen LogP contribution >= 0.6 is 15.9 Å². The Bertz CT molecular complexity index is 732. The van der Waals surface area contributed by atoms with Gasteiger partial charge in [-0.15, -0.1) is 10.2 Å². The molecule has 0 bridgehead atoms. The number of aromatic nitrogens is 4. The maximum atomic E-state index is 12.2. The molecule has 0 unspecified atom stereocenters. The number of benzene rings is 1. The third-order valence-corrected chi connectivity index (χ3v) is 4.35. The normalized spacial score (nSPS) is 13.1. The van der Waals surface area contributed by atoms with Crippen molar-refractivity contribution in [1.82, 2.24) is 25.5 Å². The minimum absolute atomic E-state index is 0.0431. The fourth-order valence-corrected chi connectivity index (χ4v) is 2.43. The van der Waals surface area contributed by atoms with Gasteiger partial charge in [0.25, 0.3) is 0 Å². The second-order valence-corrected chi connectivity index (χ2v) is 6.52. The van der Waals surface area contributed by atoms with Crippen LogP contribution in [0.5, 0.6) is 0 Å². The van der Waals surface area contributed by atoms with E-state index in [4.69, 9.17) is 4.74 Å². The van der Waals surface area contributed by atoms with Gasteiger partial charge in [0, 0.05) is 10.0 Å². The molecule has 0 saturated carbocycles. The predicted molar refractivity (Wildman–Crippen MR) is 94.4 cm³/mol. The Labute approximate surface area is 154 Å². The Morgan fingerprint density at radius 2 is 2.00 bits per heavy atom. The monoisotopic (exact) mass is 409 g/mol. The number of esters is 1. The Morgan fingerprint density at radius 1 is 1.32 bits per heavy atom. The first-order valence-corrected chi connectivity index (χ1v) is 8.64. The number of hydrogen-bond donors (Lipinski definition) is 1. The van der Waals surface area contributed by atoms with E-state index in [0.717, 1.165) is 16.5 Å². The first-order chi connectivity index (χ1) is 11.9. The molecule has 2 rings (SSSR count). The van der Waals surface area contributed by atoms with Crippen LogP contribution in [0.25, 0.3) is 11.4 Å². The molecule has 0 saturated heterocycles. The van der Waals surface area contributed by atoms with Crippen molar-refractivity contribution in [3.05, 3.63) is 28.7 Å². The van der Waals surface area contributed by atoms with E-state index in [0.29, 0.717) is 5.82 Å². The van der Waals surface area contributed by atoms with Crippen LogP contribution in [0.1, 0.15) is 20.3 Å². The van der Waals surface area contributed by atoms with Crippen LogP contribution in [-0.2, 0) is 20.9 Å². The van der Waals surface area contributed by atoms with Crippen LogP contribution in [0.15, 0.2) is 28.7 Å².